The molecule has 0 aliphatic heterocycles. The molecule has 0 nitrogen and oxygen atoms in total. The van der Waals surface area contributed by atoms with Gasteiger partial charge in [-0.3, -0.25) is 0 Å². The maximum atomic E-state index is 2.43. The molecule has 0 unspecified atom stereocenters. The lowest BCUT2D eigenvalue weighted by Crippen LogP contribution is -2.24. The van der Waals surface area contributed by atoms with Crippen LogP contribution in [0.2, 0.25) is 0 Å². The molecule has 0 radical (unpaired) electrons. The lowest BCUT2D eigenvalue weighted by Gasteiger charge is -2.37. The van der Waals surface area contributed by atoms with Crippen LogP contribution in [0.25, 0.3) is 12.2 Å². The first-order valence-electron chi connectivity index (χ1n) is 10.1. The lowest BCUT2D eigenvalue weighted by atomic mass is 9.66. The van der Waals surface area contributed by atoms with Crippen molar-refractivity contribution in [3.8, 4) is 0 Å². The zero-order valence-electron chi connectivity index (χ0n) is 15.3. The van der Waals surface area contributed by atoms with E-state index in [1.165, 1.54) is 11.1 Å². The topological polar surface area (TPSA) is 0 Å². The van der Waals surface area contributed by atoms with Crippen LogP contribution in [-0.2, 0) is 25.7 Å². The first-order chi connectivity index (χ1) is 13.4. The number of hydrogen-bond acceptors (Lipinski definition) is 0. The molecule has 0 heterocycles. The van der Waals surface area contributed by atoms with E-state index in [4.69, 9.17) is 0 Å². The Morgan fingerprint density at radius 3 is 1.70 bits per heavy atom. The van der Waals surface area contributed by atoms with Crippen LogP contribution >= 0.6 is 0 Å². The van der Waals surface area contributed by atoms with Crippen LogP contribution in [0, 0.1) is 0 Å². The van der Waals surface area contributed by atoms with Crippen molar-refractivity contribution in [1.82, 2.24) is 0 Å². The highest BCUT2D eigenvalue weighted by Crippen LogP contribution is 2.50. The van der Waals surface area contributed by atoms with Crippen LogP contribution in [0.3, 0.4) is 0 Å². The minimum absolute atomic E-state index is 0.417. The Balaban J connectivity index is 1.55. The molecule has 0 amide bonds. The van der Waals surface area contributed by atoms with Gasteiger partial charge in [0.1, 0.15) is 0 Å². The SMILES string of the molecule is C1=Cc2ccc3c(c2C1)Cc1cccc2c1C3c1ccc3c(c1C2)CC=C3. The van der Waals surface area contributed by atoms with Gasteiger partial charge in [-0.15, -0.1) is 0 Å². The summed E-state index contributed by atoms with van der Waals surface area (Å²) >= 11 is 0. The minimum Gasteiger partial charge on any atom is -0.0795 e. The van der Waals surface area contributed by atoms with Crippen LogP contribution in [0.4, 0.5) is 0 Å². The third kappa shape index (κ3) is 1.74. The smallest absolute Gasteiger partial charge is 0.0351 e. The van der Waals surface area contributed by atoms with Crippen molar-refractivity contribution in [2.24, 2.45) is 0 Å². The first-order valence-corrected chi connectivity index (χ1v) is 10.1. The normalized spacial score (nSPS) is 17.3. The van der Waals surface area contributed by atoms with Crippen molar-refractivity contribution in [2.45, 2.75) is 31.6 Å². The molecule has 3 aromatic carbocycles. The summed E-state index contributed by atoms with van der Waals surface area (Å²) in [7, 11) is 0. The molecule has 0 saturated heterocycles. The summed E-state index contributed by atoms with van der Waals surface area (Å²) < 4.78 is 0. The fraction of sp³-hybridized carbons (Fsp3) is 0.185. The Bertz CT molecular complexity index is 1130. The molecule has 0 heteroatoms. The van der Waals surface area contributed by atoms with Crippen molar-refractivity contribution < 1.29 is 0 Å². The van der Waals surface area contributed by atoms with Gasteiger partial charge in [0.25, 0.3) is 0 Å². The summed E-state index contributed by atoms with van der Waals surface area (Å²) in [6.45, 7) is 0. The molecule has 0 bridgehead atoms. The summed E-state index contributed by atoms with van der Waals surface area (Å²) in [5.41, 5.74) is 17.0. The molecule has 27 heavy (non-hydrogen) atoms. The first kappa shape index (κ1) is 14.2. The second-order valence-electron chi connectivity index (χ2n) is 8.39. The van der Waals surface area contributed by atoms with Crippen LogP contribution in [0.1, 0.15) is 67.1 Å². The Labute approximate surface area is 159 Å². The third-order valence-corrected chi connectivity index (χ3v) is 7.18. The molecule has 3 aromatic rings. The molecule has 0 fully saturated rings. The Kier molecular flexibility index (Phi) is 2.58. The molecule has 128 valence electrons. The molecule has 0 N–H and O–H groups in total. The van der Waals surface area contributed by atoms with Gasteiger partial charge in [0.05, 0.1) is 0 Å². The number of benzene rings is 3. The van der Waals surface area contributed by atoms with Gasteiger partial charge in [0, 0.05) is 5.92 Å². The van der Waals surface area contributed by atoms with Crippen molar-refractivity contribution in [1.29, 1.82) is 0 Å². The maximum Gasteiger partial charge on any atom is 0.0351 e. The second kappa shape index (κ2) is 4.89. The predicted molar refractivity (Wildman–Crippen MR) is 111 cm³/mol. The fourth-order valence-corrected chi connectivity index (χ4v) is 6.02. The van der Waals surface area contributed by atoms with Gasteiger partial charge >= 0.3 is 0 Å². The number of fused-ring (bicyclic) bond motifs is 8. The molecular weight excluding hydrogens is 324 g/mol. The summed E-state index contributed by atoms with van der Waals surface area (Å²) in [6.07, 6.45) is 13.6. The zero-order valence-corrected chi connectivity index (χ0v) is 15.3. The summed E-state index contributed by atoms with van der Waals surface area (Å²) in [5.74, 6) is 0.417. The monoisotopic (exact) mass is 344 g/mol. The van der Waals surface area contributed by atoms with Crippen molar-refractivity contribution in [2.75, 3.05) is 0 Å². The number of hydrogen-bond donors (Lipinski definition) is 0. The second-order valence-corrected chi connectivity index (χ2v) is 8.39. The van der Waals surface area contributed by atoms with Crippen LogP contribution in [0.15, 0.2) is 54.6 Å². The minimum atomic E-state index is 0.417. The standard InChI is InChI=1S/C27H20/c1-6-18-14-24-20-8-2-4-16(20)10-12-22(24)27-23-13-11-17-5-3-9-21(17)25(23)15-19(7-1)26(18)27/h1-7,10-13,27H,8-9,14-15H2. The summed E-state index contributed by atoms with van der Waals surface area (Å²) in [4.78, 5) is 0. The van der Waals surface area contributed by atoms with Crippen LogP contribution < -0.4 is 0 Å². The largest absolute Gasteiger partial charge is 0.0795 e. The lowest BCUT2D eigenvalue weighted by molar-refractivity contribution is 0.813. The number of rotatable bonds is 0. The van der Waals surface area contributed by atoms with E-state index in [0.29, 0.717) is 5.92 Å². The van der Waals surface area contributed by atoms with Gasteiger partial charge in [-0.05, 0) is 86.9 Å². The molecule has 0 saturated carbocycles. The van der Waals surface area contributed by atoms with Gasteiger partial charge in [0.2, 0.25) is 0 Å². The van der Waals surface area contributed by atoms with E-state index in [0.717, 1.165) is 25.7 Å². The Morgan fingerprint density at radius 2 is 1.15 bits per heavy atom. The van der Waals surface area contributed by atoms with E-state index in [1.54, 1.807) is 50.1 Å². The molecule has 7 rings (SSSR count). The summed E-state index contributed by atoms with van der Waals surface area (Å²) in [5, 5.41) is 0. The number of allylic oxidation sites excluding steroid dienone is 2. The van der Waals surface area contributed by atoms with Gasteiger partial charge in [0.15, 0.2) is 0 Å². The maximum absolute atomic E-state index is 2.43. The van der Waals surface area contributed by atoms with E-state index in [-0.39, 0.29) is 0 Å². The van der Waals surface area contributed by atoms with Gasteiger partial charge in [-0.1, -0.05) is 66.8 Å². The summed E-state index contributed by atoms with van der Waals surface area (Å²) in [6, 6.07) is 16.6. The van der Waals surface area contributed by atoms with E-state index < -0.39 is 0 Å². The van der Waals surface area contributed by atoms with Gasteiger partial charge < -0.3 is 0 Å². The van der Waals surface area contributed by atoms with Crippen LogP contribution in [0.5, 0.6) is 0 Å². The molecule has 0 spiro atoms. The fourth-order valence-electron chi connectivity index (χ4n) is 6.02. The van der Waals surface area contributed by atoms with Crippen molar-refractivity contribution in [3.63, 3.8) is 0 Å². The van der Waals surface area contributed by atoms with Gasteiger partial charge in [-0.2, -0.15) is 0 Å². The van der Waals surface area contributed by atoms with E-state index >= 15 is 0 Å². The average molecular weight is 344 g/mol. The highest BCUT2D eigenvalue weighted by Gasteiger charge is 2.36. The zero-order chi connectivity index (χ0) is 17.5. The Morgan fingerprint density at radius 1 is 0.593 bits per heavy atom. The van der Waals surface area contributed by atoms with Crippen molar-refractivity contribution in [3.05, 3.63) is 116 Å². The molecule has 0 atom stereocenters. The molecule has 4 aliphatic rings. The van der Waals surface area contributed by atoms with E-state index in [9.17, 15) is 0 Å². The average Bonchev–Trinajstić information content (AvgIpc) is 3.37. The van der Waals surface area contributed by atoms with Gasteiger partial charge in [-0.25, -0.2) is 0 Å². The highest BCUT2D eigenvalue weighted by molar-refractivity contribution is 5.72. The predicted octanol–water partition coefficient (Wildman–Crippen LogP) is 5.81. The van der Waals surface area contributed by atoms with Crippen LogP contribution in [-0.4, -0.2) is 0 Å². The van der Waals surface area contributed by atoms with E-state index in [2.05, 4.69) is 66.8 Å². The van der Waals surface area contributed by atoms with Crippen molar-refractivity contribution >= 4 is 12.2 Å². The Hall–Kier alpha value is -2.86. The quantitative estimate of drug-likeness (QED) is 0.332. The highest BCUT2D eigenvalue weighted by atomic mass is 14.4. The van der Waals surface area contributed by atoms with E-state index in [1.807, 2.05) is 0 Å². The molecular formula is C27H20. The third-order valence-electron chi connectivity index (χ3n) is 7.18. The molecule has 4 aliphatic carbocycles. The molecule has 0 aromatic heterocycles.